The number of likely N-dealkylation sites (N-methyl/N-ethyl adjacent to an activating group) is 1. The van der Waals surface area contributed by atoms with Crippen LogP contribution in [0.2, 0.25) is 0 Å². The molecule has 1 unspecified atom stereocenters. The summed E-state index contributed by atoms with van der Waals surface area (Å²) in [5, 5.41) is 2.80. The number of ether oxygens (including phenoxy) is 1. The molecule has 6 heteroatoms. The van der Waals surface area contributed by atoms with Gasteiger partial charge in [-0.15, -0.1) is 0 Å². The molecule has 2 aromatic rings. The van der Waals surface area contributed by atoms with Gasteiger partial charge in [-0.2, -0.15) is 0 Å². The lowest BCUT2D eigenvalue weighted by atomic mass is 10.0. The number of benzene rings is 2. The highest BCUT2D eigenvalue weighted by Crippen LogP contribution is 2.24. The van der Waals surface area contributed by atoms with Crippen LogP contribution in [0, 0.1) is 5.82 Å². The first-order chi connectivity index (χ1) is 15.6. The number of rotatable bonds is 8. The minimum atomic E-state index is -0.302. The predicted molar refractivity (Wildman–Crippen MR) is 125 cm³/mol. The largest absolute Gasteiger partial charge is 0.377 e. The standard InChI is InChI=1S/C26H34FN3O2/c1-2-29(19-24-7-5-17-32-24)23-13-15-30(16-14-23)22-11-9-20(10-12-22)26(31)28-18-21-6-3-4-8-25(21)27/h3-4,6,8-12,23-24H,2,5,7,13-19H2,1H3,(H,28,31). The number of nitrogens with one attached hydrogen (secondary N) is 1. The third-order valence-electron chi connectivity index (χ3n) is 6.74. The summed E-state index contributed by atoms with van der Waals surface area (Å²) in [4.78, 5) is 17.4. The van der Waals surface area contributed by atoms with Gasteiger partial charge >= 0.3 is 0 Å². The van der Waals surface area contributed by atoms with Crippen molar-refractivity contribution in [2.24, 2.45) is 0 Å². The Bertz CT molecular complexity index is 875. The molecule has 172 valence electrons. The van der Waals surface area contributed by atoms with Crippen molar-refractivity contribution >= 4 is 11.6 Å². The molecule has 2 aromatic carbocycles. The quantitative estimate of drug-likeness (QED) is 0.669. The Kier molecular flexibility index (Phi) is 7.76. The van der Waals surface area contributed by atoms with Crippen LogP contribution in [0.25, 0.3) is 0 Å². The average Bonchev–Trinajstić information content (AvgIpc) is 3.35. The third-order valence-corrected chi connectivity index (χ3v) is 6.74. The first kappa shape index (κ1) is 22.7. The van der Waals surface area contributed by atoms with E-state index in [1.807, 2.05) is 24.3 Å². The van der Waals surface area contributed by atoms with Crippen molar-refractivity contribution in [3.05, 3.63) is 65.5 Å². The van der Waals surface area contributed by atoms with E-state index in [0.29, 0.717) is 23.3 Å². The van der Waals surface area contributed by atoms with Crippen molar-refractivity contribution in [1.82, 2.24) is 10.2 Å². The number of halogens is 1. The first-order valence-electron chi connectivity index (χ1n) is 11.9. The van der Waals surface area contributed by atoms with E-state index in [0.717, 1.165) is 51.3 Å². The molecule has 0 radical (unpaired) electrons. The summed E-state index contributed by atoms with van der Waals surface area (Å²) in [5.74, 6) is -0.491. The summed E-state index contributed by atoms with van der Waals surface area (Å²) in [7, 11) is 0. The molecule has 2 aliphatic heterocycles. The second-order valence-electron chi connectivity index (χ2n) is 8.76. The molecule has 2 saturated heterocycles. The predicted octanol–water partition coefficient (Wildman–Crippen LogP) is 4.23. The van der Waals surface area contributed by atoms with Gasteiger partial charge in [0, 0.05) is 55.6 Å². The van der Waals surface area contributed by atoms with Crippen LogP contribution in [0.5, 0.6) is 0 Å². The van der Waals surface area contributed by atoms with Crippen LogP contribution in [0.1, 0.15) is 48.5 Å². The number of carbonyl (C=O) groups is 1. The van der Waals surface area contributed by atoms with Gasteiger partial charge in [0.25, 0.3) is 5.91 Å². The van der Waals surface area contributed by atoms with Crippen LogP contribution in [0.3, 0.4) is 0 Å². The SMILES string of the molecule is CCN(CC1CCCO1)C1CCN(c2ccc(C(=O)NCc3ccccc3F)cc2)CC1. The van der Waals surface area contributed by atoms with Gasteiger partial charge in [-0.25, -0.2) is 4.39 Å². The molecule has 2 heterocycles. The number of hydrogen-bond donors (Lipinski definition) is 1. The van der Waals surface area contributed by atoms with E-state index in [9.17, 15) is 9.18 Å². The molecule has 2 fully saturated rings. The van der Waals surface area contributed by atoms with Gasteiger partial charge in [0.05, 0.1) is 6.10 Å². The minimum absolute atomic E-state index is 0.181. The molecule has 1 atom stereocenters. The molecule has 0 spiro atoms. The van der Waals surface area contributed by atoms with Gasteiger partial charge in [0.15, 0.2) is 0 Å². The van der Waals surface area contributed by atoms with E-state index in [4.69, 9.17) is 4.74 Å². The van der Waals surface area contributed by atoms with Crippen molar-refractivity contribution < 1.29 is 13.9 Å². The molecule has 4 rings (SSSR count). The van der Waals surface area contributed by atoms with Crippen molar-refractivity contribution in [2.45, 2.75) is 51.3 Å². The Balaban J connectivity index is 1.27. The lowest BCUT2D eigenvalue weighted by Crippen LogP contribution is -2.47. The number of amides is 1. The molecule has 5 nitrogen and oxygen atoms in total. The number of nitrogens with zero attached hydrogens (tertiary/aromatic N) is 2. The van der Waals surface area contributed by atoms with Crippen LogP contribution in [-0.4, -0.2) is 55.7 Å². The van der Waals surface area contributed by atoms with E-state index >= 15 is 0 Å². The van der Waals surface area contributed by atoms with Gasteiger partial charge in [-0.1, -0.05) is 25.1 Å². The monoisotopic (exact) mass is 439 g/mol. The molecule has 0 bridgehead atoms. The van der Waals surface area contributed by atoms with Gasteiger partial charge in [0.1, 0.15) is 5.82 Å². The van der Waals surface area contributed by atoms with Crippen LogP contribution in [-0.2, 0) is 11.3 Å². The van der Waals surface area contributed by atoms with Crippen LogP contribution < -0.4 is 10.2 Å². The molecule has 1 amide bonds. The molecular formula is C26H34FN3O2. The number of hydrogen-bond acceptors (Lipinski definition) is 4. The number of carbonyl (C=O) groups excluding carboxylic acids is 1. The summed E-state index contributed by atoms with van der Waals surface area (Å²) in [6.45, 7) is 7.51. The first-order valence-corrected chi connectivity index (χ1v) is 11.9. The molecule has 1 N–H and O–H groups in total. The second-order valence-corrected chi connectivity index (χ2v) is 8.76. The Labute approximate surface area is 190 Å². The molecule has 0 saturated carbocycles. The Morgan fingerprint density at radius 2 is 1.88 bits per heavy atom. The zero-order valence-corrected chi connectivity index (χ0v) is 18.9. The summed E-state index contributed by atoms with van der Waals surface area (Å²) >= 11 is 0. The van der Waals surface area contributed by atoms with E-state index in [1.54, 1.807) is 18.2 Å². The summed E-state index contributed by atoms with van der Waals surface area (Å²) in [6, 6.07) is 14.9. The Hall–Kier alpha value is -2.44. The van der Waals surface area contributed by atoms with Crippen LogP contribution in [0.15, 0.2) is 48.5 Å². The zero-order valence-electron chi connectivity index (χ0n) is 18.9. The lowest BCUT2D eigenvalue weighted by molar-refractivity contribution is 0.0540. The van der Waals surface area contributed by atoms with Gasteiger partial charge in [0.2, 0.25) is 0 Å². The third kappa shape index (κ3) is 5.67. The van der Waals surface area contributed by atoms with Crippen molar-refractivity contribution in [1.29, 1.82) is 0 Å². The fourth-order valence-corrected chi connectivity index (χ4v) is 4.82. The lowest BCUT2D eigenvalue weighted by Gasteiger charge is -2.40. The highest BCUT2D eigenvalue weighted by atomic mass is 19.1. The van der Waals surface area contributed by atoms with Gasteiger partial charge in [-0.3, -0.25) is 9.69 Å². The Morgan fingerprint density at radius 3 is 2.53 bits per heavy atom. The number of anilines is 1. The summed E-state index contributed by atoms with van der Waals surface area (Å²) in [6.07, 6.45) is 5.08. The van der Waals surface area contributed by atoms with Crippen molar-refractivity contribution in [3.8, 4) is 0 Å². The summed E-state index contributed by atoms with van der Waals surface area (Å²) in [5.41, 5.74) is 2.23. The molecule has 32 heavy (non-hydrogen) atoms. The van der Waals surface area contributed by atoms with Gasteiger partial charge < -0.3 is 15.0 Å². The molecule has 0 aliphatic carbocycles. The molecule has 2 aliphatic rings. The maximum absolute atomic E-state index is 13.7. The average molecular weight is 440 g/mol. The molecule has 0 aromatic heterocycles. The van der Waals surface area contributed by atoms with E-state index in [-0.39, 0.29) is 18.3 Å². The Morgan fingerprint density at radius 1 is 1.12 bits per heavy atom. The topological polar surface area (TPSA) is 44.8 Å². The fourth-order valence-electron chi connectivity index (χ4n) is 4.82. The van der Waals surface area contributed by atoms with Crippen molar-refractivity contribution in [3.63, 3.8) is 0 Å². The highest BCUT2D eigenvalue weighted by molar-refractivity contribution is 5.94. The van der Waals surface area contributed by atoms with Crippen LogP contribution in [0.4, 0.5) is 10.1 Å². The van der Waals surface area contributed by atoms with Crippen LogP contribution >= 0.6 is 0 Å². The van der Waals surface area contributed by atoms with E-state index in [1.165, 1.54) is 18.9 Å². The summed E-state index contributed by atoms with van der Waals surface area (Å²) < 4.78 is 19.6. The minimum Gasteiger partial charge on any atom is -0.377 e. The van der Waals surface area contributed by atoms with Crippen molar-refractivity contribution in [2.75, 3.05) is 37.7 Å². The van der Waals surface area contributed by atoms with E-state index in [2.05, 4.69) is 22.0 Å². The molecular weight excluding hydrogens is 405 g/mol. The maximum atomic E-state index is 13.7. The smallest absolute Gasteiger partial charge is 0.251 e. The van der Waals surface area contributed by atoms with Gasteiger partial charge in [-0.05, 0) is 62.6 Å². The number of piperidine rings is 1. The highest BCUT2D eigenvalue weighted by Gasteiger charge is 2.27. The zero-order chi connectivity index (χ0) is 22.3. The maximum Gasteiger partial charge on any atom is 0.251 e. The van der Waals surface area contributed by atoms with E-state index < -0.39 is 0 Å². The normalized spacial score (nSPS) is 19.5. The fraction of sp³-hybridized carbons (Fsp3) is 0.500. The second kappa shape index (κ2) is 10.9.